The molecule has 0 aromatic rings. The molecule has 0 rings (SSSR count). The summed E-state index contributed by atoms with van der Waals surface area (Å²) >= 11 is 0. The van der Waals surface area contributed by atoms with Crippen LogP contribution >= 0.6 is 0 Å². The highest BCUT2D eigenvalue weighted by Crippen LogP contribution is 2.15. The maximum absolute atomic E-state index is 12.7. The van der Waals surface area contributed by atoms with Gasteiger partial charge in [-0.25, -0.2) is 0 Å². The third-order valence-electron chi connectivity index (χ3n) is 9.60. The normalized spacial score (nSPS) is 13.2. The number of allylic oxidation sites excluding steroid dienone is 4. The van der Waals surface area contributed by atoms with Crippen molar-refractivity contribution < 1.29 is 38.2 Å². The smallest absolute Gasteiger partial charge is 0.306 e. The Bertz CT molecular complexity index is 911. The molecule has 8 nitrogen and oxygen atoms in total. The topological polar surface area (TPSA) is 102 Å². The Morgan fingerprint density at radius 2 is 1.08 bits per heavy atom. The van der Waals surface area contributed by atoms with Crippen LogP contribution in [-0.4, -0.2) is 75.5 Å². The van der Waals surface area contributed by atoms with Crippen molar-refractivity contribution in [3.63, 3.8) is 0 Å². The number of esters is 2. The molecule has 0 aromatic carbocycles. The van der Waals surface area contributed by atoms with Crippen molar-refractivity contribution in [3.05, 3.63) is 24.3 Å². The number of aliphatic carboxylic acids is 1. The number of carbonyl (C=O) groups is 3. The van der Waals surface area contributed by atoms with Gasteiger partial charge < -0.3 is 28.6 Å². The van der Waals surface area contributed by atoms with Crippen LogP contribution in [0, 0.1) is 0 Å². The summed E-state index contributed by atoms with van der Waals surface area (Å²) in [5.41, 5.74) is 0. The van der Waals surface area contributed by atoms with Crippen molar-refractivity contribution in [1.82, 2.24) is 0 Å². The first-order valence-electron chi connectivity index (χ1n) is 21.4. The summed E-state index contributed by atoms with van der Waals surface area (Å²) in [7, 11) is 5.40. The van der Waals surface area contributed by atoms with Gasteiger partial charge in [-0.05, 0) is 38.5 Å². The number of rotatable bonds is 38. The van der Waals surface area contributed by atoms with Crippen molar-refractivity contribution in [1.29, 1.82) is 0 Å². The van der Waals surface area contributed by atoms with Crippen LogP contribution in [0.3, 0.4) is 0 Å². The molecule has 0 spiro atoms. The minimum absolute atomic E-state index is 0.0399. The summed E-state index contributed by atoms with van der Waals surface area (Å²) in [6.07, 6.45) is 37.7. The second kappa shape index (κ2) is 35.8. The van der Waals surface area contributed by atoms with Gasteiger partial charge in [-0.3, -0.25) is 9.59 Å². The Hall–Kier alpha value is -2.19. The number of carbonyl (C=O) groups excluding carboxylic acids is 3. The minimum atomic E-state index is -1.13. The molecule has 52 heavy (non-hydrogen) atoms. The fourth-order valence-electron chi connectivity index (χ4n) is 6.28. The predicted octanol–water partition coefficient (Wildman–Crippen LogP) is 9.97. The van der Waals surface area contributed by atoms with Gasteiger partial charge in [0.15, 0.2) is 6.10 Å². The molecule has 0 aliphatic rings. The molecule has 0 radical (unpaired) electrons. The molecule has 2 unspecified atom stereocenters. The van der Waals surface area contributed by atoms with E-state index in [9.17, 15) is 19.5 Å². The maximum atomic E-state index is 12.7. The fourth-order valence-corrected chi connectivity index (χ4v) is 6.28. The zero-order valence-corrected chi connectivity index (χ0v) is 34.5. The summed E-state index contributed by atoms with van der Waals surface area (Å²) in [5.74, 6) is -1.75. The second-order valence-corrected chi connectivity index (χ2v) is 15.6. The fraction of sp³-hybridized carbons (Fsp3) is 0.841. The second-order valence-electron chi connectivity index (χ2n) is 15.6. The average Bonchev–Trinajstić information content (AvgIpc) is 3.09. The lowest BCUT2D eigenvalue weighted by Gasteiger charge is -2.34. The average molecular weight is 736 g/mol. The van der Waals surface area contributed by atoms with Gasteiger partial charge in [0.05, 0.1) is 40.3 Å². The van der Waals surface area contributed by atoms with Crippen LogP contribution in [0.4, 0.5) is 0 Å². The van der Waals surface area contributed by atoms with Crippen LogP contribution in [0.1, 0.15) is 187 Å². The molecule has 0 amide bonds. The number of unbranched alkanes of at least 4 members (excludes halogenated alkanes) is 20. The highest BCUT2D eigenvalue weighted by Gasteiger charge is 2.25. The van der Waals surface area contributed by atoms with Crippen molar-refractivity contribution in [3.8, 4) is 0 Å². The Kier molecular flexibility index (Phi) is 34.3. The number of quaternary nitrogens is 1. The van der Waals surface area contributed by atoms with E-state index in [0.29, 0.717) is 12.8 Å². The number of carboxylic acids is 1. The van der Waals surface area contributed by atoms with E-state index in [2.05, 4.69) is 38.2 Å². The first kappa shape index (κ1) is 49.8. The largest absolute Gasteiger partial charge is 0.544 e. The molecule has 0 aromatic heterocycles. The number of nitrogens with zero attached hydrogens (tertiary/aromatic N) is 1. The summed E-state index contributed by atoms with van der Waals surface area (Å²) in [5, 5.41) is 11.6. The number of hydrogen-bond acceptors (Lipinski definition) is 7. The van der Waals surface area contributed by atoms with Gasteiger partial charge in [0.2, 0.25) is 0 Å². The van der Waals surface area contributed by atoms with Gasteiger partial charge in [0.1, 0.15) is 12.6 Å². The summed E-state index contributed by atoms with van der Waals surface area (Å²) in [6, 6.07) is -0.724. The molecular formula is C44H81NO7. The molecule has 8 heteroatoms. The van der Waals surface area contributed by atoms with E-state index in [-0.39, 0.29) is 42.7 Å². The van der Waals surface area contributed by atoms with Crippen LogP contribution in [0.25, 0.3) is 0 Å². The Morgan fingerprint density at radius 1 is 0.596 bits per heavy atom. The Morgan fingerprint density at radius 3 is 1.58 bits per heavy atom. The van der Waals surface area contributed by atoms with E-state index in [1.165, 1.54) is 83.5 Å². The lowest BCUT2D eigenvalue weighted by molar-refractivity contribution is -0.889. The first-order chi connectivity index (χ1) is 25.1. The number of carboxylic acid groups (broad SMARTS) is 1. The van der Waals surface area contributed by atoms with Crippen LogP contribution < -0.4 is 5.11 Å². The zero-order valence-electron chi connectivity index (χ0n) is 34.5. The Labute approximate surface area is 320 Å². The summed E-state index contributed by atoms with van der Waals surface area (Å²) in [6.45, 7) is 4.55. The van der Waals surface area contributed by atoms with Crippen LogP contribution in [0.15, 0.2) is 24.3 Å². The predicted molar refractivity (Wildman–Crippen MR) is 213 cm³/mol. The van der Waals surface area contributed by atoms with Gasteiger partial charge in [0, 0.05) is 19.3 Å². The molecule has 2 atom stereocenters. The lowest BCUT2D eigenvalue weighted by atomic mass is 10.0. The molecule has 304 valence electrons. The van der Waals surface area contributed by atoms with Gasteiger partial charge >= 0.3 is 11.9 Å². The van der Waals surface area contributed by atoms with Gasteiger partial charge in [-0.1, -0.05) is 154 Å². The number of likely N-dealkylation sites (N-methyl/N-ethyl adjacent to an activating group) is 1. The minimum Gasteiger partial charge on any atom is -0.544 e. The Balaban J connectivity index is 4.34. The molecule has 0 fully saturated rings. The summed E-state index contributed by atoms with van der Waals surface area (Å²) < 4.78 is 17.1. The highest BCUT2D eigenvalue weighted by atomic mass is 16.6. The van der Waals surface area contributed by atoms with Crippen molar-refractivity contribution in [2.24, 2.45) is 0 Å². The molecule has 0 saturated heterocycles. The van der Waals surface area contributed by atoms with Crippen LogP contribution in [-0.2, 0) is 28.6 Å². The van der Waals surface area contributed by atoms with Crippen molar-refractivity contribution >= 4 is 17.9 Å². The molecule has 0 saturated carbocycles. The van der Waals surface area contributed by atoms with E-state index < -0.39 is 18.1 Å². The third-order valence-corrected chi connectivity index (χ3v) is 9.60. The quantitative estimate of drug-likeness (QED) is 0.0269. The van der Waals surface area contributed by atoms with Crippen molar-refractivity contribution in [2.45, 2.75) is 199 Å². The standard InChI is InChI=1S/C44H81NO7/c1-6-8-10-12-14-16-18-20-21-22-23-25-27-29-31-33-35-43(47)52-40(38-50-37-36-41(44(48)49)45(3,4)5)39-51-42(46)34-32-30-28-26-24-19-17-15-13-11-9-7-2/h9,11,15,17,40-41H,6-8,10,12-14,16,18-39H2,1-5H3/b11-9+,17-15+. The van der Waals surface area contributed by atoms with E-state index in [0.717, 1.165) is 70.6 Å². The monoisotopic (exact) mass is 736 g/mol. The number of ether oxygens (including phenoxy) is 3. The first-order valence-corrected chi connectivity index (χ1v) is 21.4. The summed E-state index contributed by atoms with van der Waals surface area (Å²) in [4.78, 5) is 36.8. The van der Waals surface area contributed by atoms with Gasteiger partial charge in [-0.2, -0.15) is 0 Å². The maximum Gasteiger partial charge on any atom is 0.306 e. The molecule has 0 aliphatic heterocycles. The van der Waals surface area contributed by atoms with Gasteiger partial charge in [-0.15, -0.1) is 0 Å². The SMILES string of the molecule is CC/C=C/C/C=C/CCCCCCCC(=O)OCC(COCCC(C(=O)[O-])[N+](C)(C)C)OC(=O)CCCCCCCCCCCCCCCCCC. The molecular weight excluding hydrogens is 654 g/mol. The van der Waals surface area contributed by atoms with E-state index >= 15 is 0 Å². The van der Waals surface area contributed by atoms with Crippen LogP contribution in [0.2, 0.25) is 0 Å². The molecule has 0 bridgehead atoms. The third kappa shape index (κ3) is 33.6. The lowest BCUT2D eigenvalue weighted by Crippen LogP contribution is -2.55. The van der Waals surface area contributed by atoms with E-state index in [1.807, 2.05) is 0 Å². The van der Waals surface area contributed by atoms with E-state index in [1.54, 1.807) is 21.1 Å². The van der Waals surface area contributed by atoms with Crippen LogP contribution in [0.5, 0.6) is 0 Å². The molecule has 0 aliphatic carbocycles. The molecule has 0 N–H and O–H groups in total. The van der Waals surface area contributed by atoms with Gasteiger partial charge in [0.25, 0.3) is 0 Å². The number of hydrogen-bond donors (Lipinski definition) is 0. The van der Waals surface area contributed by atoms with E-state index in [4.69, 9.17) is 14.2 Å². The van der Waals surface area contributed by atoms with Crippen molar-refractivity contribution in [2.75, 3.05) is 41.0 Å². The zero-order chi connectivity index (χ0) is 38.5. The molecule has 0 heterocycles. The highest BCUT2D eigenvalue weighted by molar-refractivity contribution is 5.70.